The SMILES string of the molecule is COCCNC(=O)c1cc(Cl)ccc1NS(C)(=O)=O. The maximum Gasteiger partial charge on any atom is 0.253 e. The number of carbonyl (C=O) groups is 1. The zero-order valence-corrected chi connectivity index (χ0v) is 12.1. The fourth-order valence-corrected chi connectivity index (χ4v) is 2.10. The third-order valence-corrected chi connectivity index (χ3v) is 2.94. The van der Waals surface area contributed by atoms with E-state index in [0.717, 1.165) is 6.26 Å². The first-order valence-electron chi connectivity index (χ1n) is 5.38. The third-order valence-electron chi connectivity index (χ3n) is 2.11. The molecule has 8 heteroatoms. The van der Waals surface area contributed by atoms with Crippen molar-refractivity contribution in [2.24, 2.45) is 0 Å². The van der Waals surface area contributed by atoms with Crippen LogP contribution in [0.1, 0.15) is 10.4 Å². The average Bonchev–Trinajstić information content (AvgIpc) is 2.30. The maximum absolute atomic E-state index is 11.9. The fourth-order valence-electron chi connectivity index (χ4n) is 1.35. The number of amides is 1. The van der Waals surface area contributed by atoms with Crippen molar-refractivity contribution in [2.45, 2.75) is 0 Å². The number of halogens is 1. The topological polar surface area (TPSA) is 84.5 Å². The Hall–Kier alpha value is -1.31. The molecule has 0 fully saturated rings. The van der Waals surface area contributed by atoms with Crippen molar-refractivity contribution in [1.29, 1.82) is 0 Å². The lowest BCUT2D eigenvalue weighted by Gasteiger charge is -2.11. The predicted molar refractivity (Wildman–Crippen MR) is 74.1 cm³/mol. The molecule has 19 heavy (non-hydrogen) atoms. The number of ether oxygens (including phenoxy) is 1. The van der Waals surface area contributed by atoms with Crippen LogP contribution in [0.5, 0.6) is 0 Å². The van der Waals surface area contributed by atoms with E-state index in [4.69, 9.17) is 16.3 Å². The van der Waals surface area contributed by atoms with E-state index in [9.17, 15) is 13.2 Å². The van der Waals surface area contributed by atoms with Gasteiger partial charge in [0.05, 0.1) is 24.1 Å². The summed E-state index contributed by atoms with van der Waals surface area (Å²) in [6.07, 6.45) is 1.01. The summed E-state index contributed by atoms with van der Waals surface area (Å²) in [6.45, 7) is 0.682. The standard InChI is InChI=1S/C11H15ClN2O4S/c1-18-6-5-13-11(15)9-7-8(12)3-4-10(9)14-19(2,16)17/h3-4,7,14H,5-6H2,1-2H3,(H,13,15). The lowest BCUT2D eigenvalue weighted by Crippen LogP contribution is -2.28. The summed E-state index contributed by atoms with van der Waals surface area (Å²) in [5.41, 5.74) is 0.343. The first-order chi connectivity index (χ1) is 8.83. The quantitative estimate of drug-likeness (QED) is 0.771. The van der Waals surface area contributed by atoms with Crippen LogP contribution in [0, 0.1) is 0 Å². The second kappa shape index (κ2) is 6.74. The number of methoxy groups -OCH3 is 1. The number of benzene rings is 1. The van der Waals surface area contributed by atoms with Crippen LogP contribution in [0.4, 0.5) is 5.69 Å². The summed E-state index contributed by atoms with van der Waals surface area (Å²) >= 11 is 5.81. The van der Waals surface area contributed by atoms with Crippen molar-refractivity contribution < 1.29 is 17.9 Å². The number of anilines is 1. The van der Waals surface area contributed by atoms with Crippen molar-refractivity contribution in [1.82, 2.24) is 5.32 Å². The van der Waals surface area contributed by atoms with E-state index in [-0.39, 0.29) is 11.3 Å². The molecular formula is C11H15ClN2O4S. The van der Waals surface area contributed by atoms with E-state index in [2.05, 4.69) is 10.0 Å². The fraction of sp³-hybridized carbons (Fsp3) is 0.364. The van der Waals surface area contributed by atoms with Crippen LogP contribution >= 0.6 is 11.6 Å². The number of carbonyl (C=O) groups excluding carboxylic acids is 1. The highest BCUT2D eigenvalue weighted by atomic mass is 35.5. The zero-order valence-electron chi connectivity index (χ0n) is 10.6. The number of sulfonamides is 1. The van der Waals surface area contributed by atoms with Gasteiger partial charge in [0.1, 0.15) is 0 Å². The van der Waals surface area contributed by atoms with Gasteiger partial charge in [-0.25, -0.2) is 8.42 Å². The van der Waals surface area contributed by atoms with Crippen LogP contribution in [0.25, 0.3) is 0 Å². The molecule has 6 nitrogen and oxygen atoms in total. The Balaban J connectivity index is 2.97. The Morgan fingerprint density at radius 1 is 1.42 bits per heavy atom. The van der Waals surface area contributed by atoms with Gasteiger partial charge in [-0.1, -0.05) is 11.6 Å². The molecule has 106 valence electrons. The van der Waals surface area contributed by atoms with E-state index in [1.54, 1.807) is 0 Å². The minimum Gasteiger partial charge on any atom is -0.383 e. The molecule has 1 rings (SSSR count). The smallest absolute Gasteiger partial charge is 0.253 e. The van der Waals surface area contributed by atoms with Gasteiger partial charge in [-0.15, -0.1) is 0 Å². The van der Waals surface area contributed by atoms with Gasteiger partial charge in [0.15, 0.2) is 0 Å². The average molecular weight is 307 g/mol. The van der Waals surface area contributed by atoms with E-state index >= 15 is 0 Å². The molecule has 1 amide bonds. The first-order valence-corrected chi connectivity index (χ1v) is 7.65. The Labute approximate surface area is 117 Å². The first kappa shape index (κ1) is 15.7. The summed E-state index contributed by atoms with van der Waals surface area (Å²) in [7, 11) is -1.95. The molecule has 0 radical (unpaired) electrons. The Bertz CT molecular complexity index is 560. The minimum absolute atomic E-state index is 0.161. The van der Waals surface area contributed by atoms with E-state index in [1.807, 2.05) is 0 Å². The van der Waals surface area contributed by atoms with Gasteiger partial charge in [0, 0.05) is 18.7 Å². The highest BCUT2D eigenvalue weighted by molar-refractivity contribution is 7.92. The lowest BCUT2D eigenvalue weighted by atomic mass is 10.1. The van der Waals surface area contributed by atoms with E-state index in [0.29, 0.717) is 18.2 Å². The van der Waals surface area contributed by atoms with Crippen molar-refractivity contribution in [3.8, 4) is 0 Å². The lowest BCUT2D eigenvalue weighted by molar-refractivity contribution is 0.0938. The van der Waals surface area contributed by atoms with Crippen molar-refractivity contribution in [3.05, 3.63) is 28.8 Å². The number of nitrogens with one attached hydrogen (secondary N) is 2. The third kappa shape index (κ3) is 5.46. The normalized spacial score (nSPS) is 11.1. The monoisotopic (exact) mass is 306 g/mol. The largest absolute Gasteiger partial charge is 0.383 e. The van der Waals surface area contributed by atoms with Gasteiger partial charge in [-0.3, -0.25) is 9.52 Å². The molecule has 0 atom stereocenters. The summed E-state index contributed by atoms with van der Waals surface area (Å²) in [5, 5.41) is 2.94. The molecule has 0 aliphatic rings. The van der Waals surface area contributed by atoms with Crippen LogP contribution in [-0.4, -0.2) is 40.8 Å². The van der Waals surface area contributed by atoms with Gasteiger partial charge in [0.2, 0.25) is 10.0 Å². The van der Waals surface area contributed by atoms with Crippen LogP contribution in [-0.2, 0) is 14.8 Å². The van der Waals surface area contributed by atoms with Crippen LogP contribution in [0.15, 0.2) is 18.2 Å². The van der Waals surface area contributed by atoms with Crippen LogP contribution < -0.4 is 10.0 Å². The number of rotatable bonds is 6. The summed E-state index contributed by atoms with van der Waals surface area (Å²) in [4.78, 5) is 11.9. The predicted octanol–water partition coefficient (Wildman–Crippen LogP) is 1.09. The summed E-state index contributed by atoms with van der Waals surface area (Å²) in [5.74, 6) is -0.425. The highest BCUT2D eigenvalue weighted by Gasteiger charge is 2.14. The van der Waals surface area contributed by atoms with Gasteiger partial charge in [-0.05, 0) is 18.2 Å². The zero-order chi connectivity index (χ0) is 14.5. The molecule has 2 N–H and O–H groups in total. The van der Waals surface area contributed by atoms with Gasteiger partial charge in [0.25, 0.3) is 5.91 Å². The molecule has 0 aliphatic carbocycles. The molecule has 0 aliphatic heterocycles. The Kier molecular flexibility index (Phi) is 5.59. The van der Waals surface area contributed by atoms with Crippen molar-refractivity contribution >= 4 is 33.2 Å². The van der Waals surface area contributed by atoms with E-state index < -0.39 is 15.9 Å². The molecule has 0 spiro atoms. The molecule has 0 heterocycles. The number of hydrogen-bond donors (Lipinski definition) is 2. The molecule has 1 aromatic rings. The highest BCUT2D eigenvalue weighted by Crippen LogP contribution is 2.21. The molecule has 0 bridgehead atoms. The van der Waals surface area contributed by atoms with E-state index in [1.165, 1.54) is 25.3 Å². The Morgan fingerprint density at radius 2 is 2.11 bits per heavy atom. The maximum atomic E-state index is 11.9. The Morgan fingerprint density at radius 3 is 2.68 bits per heavy atom. The molecule has 0 unspecified atom stereocenters. The second-order valence-electron chi connectivity index (χ2n) is 3.81. The molecule has 0 saturated carbocycles. The summed E-state index contributed by atoms with van der Waals surface area (Å²) in [6, 6.07) is 4.34. The molecule has 0 aromatic heterocycles. The number of hydrogen-bond acceptors (Lipinski definition) is 4. The molecule has 0 saturated heterocycles. The van der Waals surface area contributed by atoms with Gasteiger partial charge >= 0.3 is 0 Å². The van der Waals surface area contributed by atoms with Crippen LogP contribution in [0.2, 0.25) is 5.02 Å². The van der Waals surface area contributed by atoms with Gasteiger partial charge < -0.3 is 10.1 Å². The summed E-state index contributed by atoms with van der Waals surface area (Å²) < 4.78 is 29.5. The molecule has 1 aromatic carbocycles. The van der Waals surface area contributed by atoms with Gasteiger partial charge in [-0.2, -0.15) is 0 Å². The van der Waals surface area contributed by atoms with Crippen LogP contribution in [0.3, 0.4) is 0 Å². The minimum atomic E-state index is -3.47. The molecular weight excluding hydrogens is 292 g/mol. The van der Waals surface area contributed by atoms with Crippen molar-refractivity contribution in [3.63, 3.8) is 0 Å². The second-order valence-corrected chi connectivity index (χ2v) is 6.00. The van der Waals surface area contributed by atoms with Crippen molar-refractivity contribution in [2.75, 3.05) is 31.2 Å².